The van der Waals surface area contributed by atoms with E-state index in [9.17, 15) is 4.79 Å². The van der Waals surface area contributed by atoms with Gasteiger partial charge in [-0.25, -0.2) is 4.98 Å². The average Bonchev–Trinajstić information content (AvgIpc) is 3.30. The number of rotatable bonds is 7. The zero-order valence-corrected chi connectivity index (χ0v) is 15.7. The second-order valence-corrected chi connectivity index (χ2v) is 7.79. The Balaban J connectivity index is 1.57. The quantitative estimate of drug-likeness (QED) is 0.460. The Morgan fingerprint density at radius 2 is 2.25 bits per heavy atom. The van der Waals surface area contributed by atoms with Gasteiger partial charge in [0, 0.05) is 11.9 Å². The number of thiophene rings is 1. The number of hydrogen-bond acceptors (Lipinski definition) is 8. The molecule has 0 saturated heterocycles. The molecule has 0 fully saturated rings. The van der Waals surface area contributed by atoms with Crippen LogP contribution < -0.4 is 0 Å². The van der Waals surface area contributed by atoms with Gasteiger partial charge in [-0.05, 0) is 25.3 Å². The Kier molecular flexibility index (Phi) is 5.64. The second-order valence-electron chi connectivity index (χ2n) is 4.83. The van der Waals surface area contributed by atoms with Crippen molar-refractivity contribution >= 4 is 40.4 Å². The third-order valence-corrected chi connectivity index (χ3v) is 5.77. The number of carbonyl (C=O) groups excluding carboxylic acids is 1. The molecule has 3 rings (SSSR count). The van der Waals surface area contributed by atoms with Crippen molar-refractivity contribution in [2.45, 2.75) is 32.2 Å². The predicted octanol–water partition coefficient (Wildman–Crippen LogP) is 3.63. The van der Waals surface area contributed by atoms with Gasteiger partial charge in [0.2, 0.25) is 0 Å². The molecule has 0 saturated carbocycles. The lowest BCUT2D eigenvalue weighted by Gasteiger charge is -2.06. The van der Waals surface area contributed by atoms with Gasteiger partial charge in [-0.1, -0.05) is 17.8 Å². The third kappa shape index (κ3) is 4.03. The Morgan fingerprint density at radius 1 is 1.38 bits per heavy atom. The van der Waals surface area contributed by atoms with Gasteiger partial charge in [0.25, 0.3) is 0 Å². The summed E-state index contributed by atoms with van der Waals surface area (Å²) in [5.74, 6) is 0.751. The van der Waals surface area contributed by atoms with Crippen LogP contribution in [0.15, 0.2) is 28.0 Å². The highest BCUT2D eigenvalue weighted by Crippen LogP contribution is 2.27. The molecule has 0 spiro atoms. The van der Waals surface area contributed by atoms with Crippen molar-refractivity contribution in [3.05, 3.63) is 33.6 Å². The lowest BCUT2D eigenvalue weighted by molar-refractivity contribution is -0.141. The molecule has 126 valence electrons. The summed E-state index contributed by atoms with van der Waals surface area (Å²) >= 11 is 4.51. The molecule has 0 aliphatic rings. The molecule has 3 aromatic heterocycles. The van der Waals surface area contributed by atoms with Crippen molar-refractivity contribution in [3.63, 3.8) is 0 Å². The summed E-state index contributed by atoms with van der Waals surface area (Å²) in [6, 6.07) is 4.00. The number of ether oxygens (including phenoxy) is 1. The summed E-state index contributed by atoms with van der Waals surface area (Å²) in [6.45, 7) is 4.92. The van der Waals surface area contributed by atoms with Crippen LogP contribution in [-0.2, 0) is 22.7 Å². The molecule has 0 amide bonds. The predicted molar refractivity (Wildman–Crippen MR) is 96.4 cm³/mol. The summed E-state index contributed by atoms with van der Waals surface area (Å²) in [4.78, 5) is 17.2. The van der Waals surface area contributed by atoms with Gasteiger partial charge in [-0.2, -0.15) is 0 Å². The highest BCUT2D eigenvalue weighted by molar-refractivity contribution is 7.99. The normalized spacial score (nSPS) is 10.9. The lowest BCUT2D eigenvalue weighted by Crippen LogP contribution is -2.08. The number of aromatic nitrogens is 4. The molecule has 0 unspecified atom stereocenters. The molecule has 6 nitrogen and oxygen atoms in total. The van der Waals surface area contributed by atoms with E-state index in [1.54, 1.807) is 22.7 Å². The molecular weight excluding hydrogens is 364 g/mol. The fourth-order valence-electron chi connectivity index (χ4n) is 2.06. The van der Waals surface area contributed by atoms with Crippen LogP contribution in [0.25, 0.3) is 10.7 Å². The molecule has 24 heavy (non-hydrogen) atoms. The number of thioether (sulfide) groups is 1. The van der Waals surface area contributed by atoms with E-state index >= 15 is 0 Å². The second kappa shape index (κ2) is 7.91. The van der Waals surface area contributed by atoms with Crippen LogP contribution in [-0.4, -0.2) is 31.5 Å². The maximum absolute atomic E-state index is 11.9. The van der Waals surface area contributed by atoms with Gasteiger partial charge in [0.05, 0.1) is 21.3 Å². The number of hydrogen-bond donors (Lipinski definition) is 0. The zero-order valence-electron chi connectivity index (χ0n) is 13.3. The van der Waals surface area contributed by atoms with Gasteiger partial charge in [-0.15, -0.1) is 32.9 Å². The first kappa shape index (κ1) is 17.1. The van der Waals surface area contributed by atoms with Crippen LogP contribution >= 0.6 is 34.4 Å². The first-order valence-corrected chi connectivity index (χ1v) is 10.1. The highest BCUT2D eigenvalue weighted by atomic mass is 32.2. The first-order chi connectivity index (χ1) is 11.7. The van der Waals surface area contributed by atoms with Crippen LogP contribution in [0.2, 0.25) is 0 Å². The average molecular weight is 381 g/mol. The van der Waals surface area contributed by atoms with Crippen LogP contribution in [0.3, 0.4) is 0 Å². The van der Waals surface area contributed by atoms with Gasteiger partial charge in [-0.3, -0.25) is 4.79 Å². The molecule has 0 radical (unpaired) electrons. The Bertz CT molecular complexity index is 811. The number of aryl methyl sites for hydroxylation is 1. The molecule has 3 heterocycles. The van der Waals surface area contributed by atoms with E-state index < -0.39 is 0 Å². The van der Waals surface area contributed by atoms with Gasteiger partial charge >= 0.3 is 5.97 Å². The molecule has 0 bridgehead atoms. The first-order valence-electron chi connectivity index (χ1n) is 7.34. The minimum atomic E-state index is -0.283. The van der Waals surface area contributed by atoms with E-state index in [0.29, 0.717) is 0 Å². The maximum Gasteiger partial charge on any atom is 0.316 e. The molecular formula is C15H16N4O2S3. The molecule has 3 aromatic rings. The summed E-state index contributed by atoms with van der Waals surface area (Å²) in [6.07, 6.45) is 0. The summed E-state index contributed by atoms with van der Waals surface area (Å²) in [5, 5.41) is 14.0. The molecule has 0 aliphatic heterocycles. The number of esters is 1. The topological polar surface area (TPSA) is 69.9 Å². The number of carbonyl (C=O) groups is 1. The Morgan fingerprint density at radius 3 is 2.92 bits per heavy atom. The van der Waals surface area contributed by atoms with E-state index in [1.165, 1.54) is 11.8 Å². The van der Waals surface area contributed by atoms with E-state index in [-0.39, 0.29) is 18.3 Å². The van der Waals surface area contributed by atoms with Crippen LogP contribution in [0.1, 0.15) is 17.6 Å². The Labute approximate surface area is 151 Å². The van der Waals surface area contributed by atoms with Gasteiger partial charge in [0.1, 0.15) is 6.61 Å². The van der Waals surface area contributed by atoms with E-state index in [1.807, 2.05) is 41.3 Å². The molecule has 0 aliphatic carbocycles. The fraction of sp³-hybridized carbons (Fsp3) is 0.333. The van der Waals surface area contributed by atoms with Gasteiger partial charge in [0.15, 0.2) is 11.0 Å². The van der Waals surface area contributed by atoms with Crippen molar-refractivity contribution in [2.75, 3.05) is 5.75 Å². The zero-order chi connectivity index (χ0) is 16.9. The SMILES string of the molecule is CCn1c(SCC(=O)OCc2csc(C)n2)nnc1-c1cccs1. The van der Waals surface area contributed by atoms with Crippen LogP contribution in [0.4, 0.5) is 0 Å². The molecule has 9 heteroatoms. The van der Waals surface area contributed by atoms with Crippen molar-refractivity contribution in [2.24, 2.45) is 0 Å². The number of thiazole rings is 1. The summed E-state index contributed by atoms with van der Waals surface area (Å²) in [5.41, 5.74) is 0.785. The van der Waals surface area contributed by atoms with Crippen molar-refractivity contribution in [3.8, 4) is 10.7 Å². The minimum absolute atomic E-state index is 0.200. The standard InChI is InChI=1S/C15H16N4O2S3/c1-3-19-14(12-5-4-6-22-12)17-18-15(19)24-9-13(20)21-7-11-8-23-10(2)16-11/h4-6,8H,3,7,9H2,1-2H3. The van der Waals surface area contributed by atoms with E-state index in [0.717, 1.165) is 33.1 Å². The monoisotopic (exact) mass is 380 g/mol. The smallest absolute Gasteiger partial charge is 0.316 e. The van der Waals surface area contributed by atoms with Crippen molar-refractivity contribution in [1.82, 2.24) is 19.7 Å². The fourth-order valence-corrected chi connectivity index (χ4v) is 4.18. The number of nitrogens with zero attached hydrogens (tertiary/aromatic N) is 4. The Hall–Kier alpha value is -1.71. The van der Waals surface area contributed by atoms with Crippen molar-refractivity contribution < 1.29 is 9.53 Å². The summed E-state index contributed by atoms with van der Waals surface area (Å²) in [7, 11) is 0. The highest BCUT2D eigenvalue weighted by Gasteiger charge is 2.15. The summed E-state index contributed by atoms with van der Waals surface area (Å²) < 4.78 is 7.25. The van der Waals surface area contributed by atoms with Crippen LogP contribution in [0.5, 0.6) is 0 Å². The molecule has 0 atom stereocenters. The third-order valence-electron chi connectivity index (χ3n) is 3.14. The minimum Gasteiger partial charge on any atom is -0.459 e. The molecule has 0 N–H and O–H groups in total. The maximum atomic E-state index is 11.9. The van der Waals surface area contributed by atoms with E-state index in [4.69, 9.17) is 4.74 Å². The van der Waals surface area contributed by atoms with Gasteiger partial charge < -0.3 is 9.30 Å². The lowest BCUT2D eigenvalue weighted by atomic mass is 10.4. The van der Waals surface area contributed by atoms with Crippen molar-refractivity contribution in [1.29, 1.82) is 0 Å². The largest absolute Gasteiger partial charge is 0.459 e. The van der Waals surface area contributed by atoms with Crippen LogP contribution in [0, 0.1) is 6.92 Å². The van der Waals surface area contributed by atoms with E-state index in [2.05, 4.69) is 15.2 Å². The molecule has 0 aromatic carbocycles.